The normalized spacial score (nSPS) is 23.2. The first-order valence-electron chi connectivity index (χ1n) is 5.73. The summed E-state index contributed by atoms with van der Waals surface area (Å²) in [6.45, 7) is 0.442. The van der Waals surface area contributed by atoms with Gasteiger partial charge in [0.2, 0.25) is 0 Å². The highest BCUT2D eigenvalue weighted by molar-refractivity contribution is 5.83. The summed E-state index contributed by atoms with van der Waals surface area (Å²) in [6.07, 6.45) is 0.314. The summed E-state index contributed by atoms with van der Waals surface area (Å²) >= 11 is 0. The molecular weight excluding hydrogens is 234 g/mol. The lowest BCUT2D eigenvalue weighted by Gasteiger charge is -2.44. The van der Waals surface area contributed by atoms with Crippen LogP contribution in [0.3, 0.4) is 0 Å². The van der Waals surface area contributed by atoms with Crippen LogP contribution >= 0.6 is 0 Å². The molecule has 0 unspecified atom stereocenters. The van der Waals surface area contributed by atoms with Gasteiger partial charge in [0.15, 0.2) is 0 Å². The molecule has 0 radical (unpaired) electrons. The van der Waals surface area contributed by atoms with Crippen LogP contribution in [-0.4, -0.2) is 41.1 Å². The van der Waals surface area contributed by atoms with Crippen LogP contribution in [0.1, 0.15) is 12.0 Å². The first kappa shape index (κ1) is 12.6. The second kappa shape index (κ2) is 5.18. The maximum Gasteiger partial charge on any atom is 0.323 e. The van der Waals surface area contributed by atoms with Crippen molar-refractivity contribution in [2.75, 3.05) is 7.11 Å². The molecule has 0 saturated carbocycles. The van der Waals surface area contributed by atoms with Gasteiger partial charge in [-0.1, -0.05) is 30.3 Å². The van der Waals surface area contributed by atoms with E-state index in [2.05, 4.69) is 4.74 Å². The molecule has 2 rings (SSSR count). The Bertz CT molecular complexity index is 446. The number of hydrogen-bond donors (Lipinski definition) is 1. The quantitative estimate of drug-likeness (QED) is 0.803. The van der Waals surface area contributed by atoms with Crippen LogP contribution in [0, 0.1) is 0 Å². The molecule has 5 nitrogen and oxygen atoms in total. The third-order valence-electron chi connectivity index (χ3n) is 3.21. The molecule has 1 fully saturated rings. The van der Waals surface area contributed by atoms with E-state index in [-0.39, 0.29) is 5.97 Å². The Morgan fingerprint density at radius 2 is 2.00 bits per heavy atom. The van der Waals surface area contributed by atoms with Crippen molar-refractivity contribution in [3.05, 3.63) is 35.9 Å². The van der Waals surface area contributed by atoms with E-state index in [1.54, 1.807) is 4.90 Å². The number of carboxylic acid groups (broad SMARTS) is 1. The van der Waals surface area contributed by atoms with Crippen LogP contribution in [0.4, 0.5) is 0 Å². The van der Waals surface area contributed by atoms with E-state index in [4.69, 9.17) is 5.11 Å². The first-order chi connectivity index (χ1) is 8.63. The van der Waals surface area contributed by atoms with Gasteiger partial charge in [-0.05, 0) is 12.0 Å². The number of benzene rings is 1. The van der Waals surface area contributed by atoms with Crippen molar-refractivity contribution < 1.29 is 19.4 Å². The van der Waals surface area contributed by atoms with Crippen LogP contribution in [0.2, 0.25) is 0 Å². The highest BCUT2D eigenvalue weighted by atomic mass is 16.5. The topological polar surface area (TPSA) is 66.8 Å². The van der Waals surface area contributed by atoms with Gasteiger partial charge in [-0.3, -0.25) is 14.5 Å². The van der Waals surface area contributed by atoms with Gasteiger partial charge in [0.1, 0.15) is 12.1 Å². The third-order valence-corrected chi connectivity index (χ3v) is 3.21. The molecule has 1 saturated heterocycles. The molecule has 18 heavy (non-hydrogen) atoms. The van der Waals surface area contributed by atoms with Gasteiger partial charge in [0, 0.05) is 6.54 Å². The second-order valence-electron chi connectivity index (χ2n) is 4.29. The molecule has 5 heteroatoms. The summed E-state index contributed by atoms with van der Waals surface area (Å²) in [6, 6.07) is 8.44. The van der Waals surface area contributed by atoms with E-state index < -0.39 is 18.1 Å². The lowest BCUT2D eigenvalue weighted by atomic mass is 9.92. The van der Waals surface area contributed by atoms with Crippen molar-refractivity contribution >= 4 is 11.9 Å². The van der Waals surface area contributed by atoms with E-state index in [1.807, 2.05) is 30.3 Å². The summed E-state index contributed by atoms with van der Waals surface area (Å²) < 4.78 is 4.68. The van der Waals surface area contributed by atoms with E-state index in [9.17, 15) is 9.59 Å². The fourth-order valence-electron chi connectivity index (χ4n) is 2.19. The average molecular weight is 249 g/mol. The van der Waals surface area contributed by atoms with Gasteiger partial charge < -0.3 is 9.84 Å². The minimum Gasteiger partial charge on any atom is -0.480 e. The van der Waals surface area contributed by atoms with Crippen LogP contribution in [0.5, 0.6) is 0 Å². The number of esters is 1. The predicted molar refractivity (Wildman–Crippen MR) is 63.8 cm³/mol. The number of ether oxygens (including phenoxy) is 1. The SMILES string of the molecule is COC(=O)[C@@H]1C[C@H](C(=O)O)N1Cc1ccccc1. The molecule has 1 aromatic carbocycles. The molecule has 0 spiro atoms. The van der Waals surface area contributed by atoms with E-state index in [0.717, 1.165) is 5.56 Å². The highest BCUT2D eigenvalue weighted by Gasteiger charge is 2.47. The maximum absolute atomic E-state index is 11.5. The van der Waals surface area contributed by atoms with Crippen LogP contribution in [0.25, 0.3) is 0 Å². The number of carbonyl (C=O) groups excluding carboxylic acids is 1. The largest absolute Gasteiger partial charge is 0.480 e. The Morgan fingerprint density at radius 3 is 2.56 bits per heavy atom. The Kier molecular flexibility index (Phi) is 3.62. The summed E-state index contributed by atoms with van der Waals surface area (Å²) in [7, 11) is 1.32. The summed E-state index contributed by atoms with van der Waals surface area (Å²) in [5.74, 6) is -1.27. The van der Waals surface area contributed by atoms with Crippen LogP contribution in [0.15, 0.2) is 30.3 Å². The first-order valence-corrected chi connectivity index (χ1v) is 5.73. The molecule has 0 aliphatic carbocycles. The van der Waals surface area contributed by atoms with E-state index >= 15 is 0 Å². The van der Waals surface area contributed by atoms with Crippen molar-refractivity contribution in [3.63, 3.8) is 0 Å². The molecule has 0 amide bonds. The van der Waals surface area contributed by atoms with Gasteiger partial charge >= 0.3 is 11.9 Å². The smallest absolute Gasteiger partial charge is 0.323 e. The zero-order valence-corrected chi connectivity index (χ0v) is 10.1. The second-order valence-corrected chi connectivity index (χ2v) is 4.29. The standard InChI is InChI=1S/C13H15NO4/c1-18-13(17)11-7-10(12(15)16)14(11)8-9-5-3-2-4-6-9/h2-6,10-11H,7-8H2,1H3,(H,15,16)/t10-,11+/m1/s1. The number of nitrogens with zero attached hydrogens (tertiary/aromatic N) is 1. The molecule has 1 N–H and O–H groups in total. The Morgan fingerprint density at radius 1 is 1.33 bits per heavy atom. The maximum atomic E-state index is 11.5. The lowest BCUT2D eigenvalue weighted by molar-refractivity contribution is -0.166. The molecule has 0 bridgehead atoms. The number of methoxy groups -OCH3 is 1. The fourth-order valence-corrected chi connectivity index (χ4v) is 2.19. The molecule has 1 aromatic rings. The zero-order valence-electron chi connectivity index (χ0n) is 10.1. The van der Waals surface area contributed by atoms with Crippen LogP contribution < -0.4 is 0 Å². The van der Waals surface area contributed by atoms with Crippen molar-refractivity contribution in [2.45, 2.75) is 25.0 Å². The number of likely N-dealkylation sites (tertiary alicyclic amines) is 1. The van der Waals surface area contributed by atoms with E-state index in [1.165, 1.54) is 7.11 Å². The Labute approximate surface area is 105 Å². The number of carbonyl (C=O) groups is 2. The van der Waals surface area contributed by atoms with Gasteiger partial charge in [-0.25, -0.2) is 0 Å². The van der Waals surface area contributed by atoms with Gasteiger partial charge in [0.25, 0.3) is 0 Å². The minimum absolute atomic E-state index is 0.314. The molecule has 96 valence electrons. The Balaban J connectivity index is 2.10. The zero-order chi connectivity index (χ0) is 13.1. The Hall–Kier alpha value is -1.88. The number of aliphatic carboxylic acids is 1. The van der Waals surface area contributed by atoms with Gasteiger partial charge in [-0.2, -0.15) is 0 Å². The van der Waals surface area contributed by atoms with Gasteiger partial charge in [0.05, 0.1) is 7.11 Å². The number of hydrogen-bond acceptors (Lipinski definition) is 4. The average Bonchev–Trinajstić information content (AvgIpc) is 2.35. The van der Waals surface area contributed by atoms with Gasteiger partial charge in [-0.15, -0.1) is 0 Å². The van der Waals surface area contributed by atoms with E-state index in [0.29, 0.717) is 13.0 Å². The molecule has 0 aromatic heterocycles. The summed E-state index contributed by atoms with van der Waals surface area (Å²) in [4.78, 5) is 24.2. The highest BCUT2D eigenvalue weighted by Crippen LogP contribution is 2.29. The monoisotopic (exact) mass is 249 g/mol. The molecule has 1 aliphatic rings. The van der Waals surface area contributed by atoms with Crippen molar-refractivity contribution in [3.8, 4) is 0 Å². The van der Waals surface area contributed by atoms with Crippen molar-refractivity contribution in [1.82, 2.24) is 4.90 Å². The molecule has 1 aliphatic heterocycles. The third kappa shape index (κ3) is 2.36. The number of rotatable bonds is 4. The minimum atomic E-state index is -0.897. The number of carboxylic acids is 1. The molecular formula is C13H15NO4. The summed E-state index contributed by atoms with van der Waals surface area (Å²) in [5, 5.41) is 9.06. The lowest BCUT2D eigenvalue weighted by Crippen LogP contribution is -2.62. The fraction of sp³-hybridized carbons (Fsp3) is 0.385. The van der Waals surface area contributed by atoms with Crippen molar-refractivity contribution in [2.24, 2.45) is 0 Å². The van der Waals surface area contributed by atoms with Crippen LogP contribution in [-0.2, 0) is 20.9 Å². The predicted octanol–water partition coefficient (Wildman–Crippen LogP) is 0.887. The molecule has 2 atom stereocenters. The summed E-state index contributed by atoms with van der Waals surface area (Å²) in [5.41, 5.74) is 0.984. The van der Waals surface area contributed by atoms with Crippen molar-refractivity contribution in [1.29, 1.82) is 0 Å². The molecule has 1 heterocycles.